The van der Waals surface area contributed by atoms with Crippen LogP contribution in [0.15, 0.2) is 48.5 Å². The van der Waals surface area contributed by atoms with Crippen molar-refractivity contribution in [1.82, 2.24) is 0 Å². The standard InChI is InChI=1S/C7H9N.C7H6O4/c8-6-7-4-2-1-3-5-7;8-5-3-1-2-4(6(5)9)7(10)11/h1-5H,6,8H2;1-3,8-9H,(H,10,11). The summed E-state index contributed by atoms with van der Waals surface area (Å²) >= 11 is 0. The molecule has 0 unspecified atom stereocenters. The summed E-state index contributed by atoms with van der Waals surface area (Å²) in [6.07, 6.45) is 0. The van der Waals surface area contributed by atoms with Gasteiger partial charge in [-0.1, -0.05) is 36.4 Å². The summed E-state index contributed by atoms with van der Waals surface area (Å²) < 4.78 is 0. The maximum atomic E-state index is 10.3. The molecule has 19 heavy (non-hydrogen) atoms. The number of aromatic carboxylic acids is 1. The summed E-state index contributed by atoms with van der Waals surface area (Å²) in [5.74, 6) is -2.29. The normalized spacial score (nSPS) is 9.32. The van der Waals surface area contributed by atoms with Crippen molar-refractivity contribution in [2.75, 3.05) is 0 Å². The SMILES string of the molecule is NCc1ccccc1.O=C(O)c1cccc(O)c1O. The summed E-state index contributed by atoms with van der Waals surface area (Å²) in [4.78, 5) is 10.3. The largest absolute Gasteiger partial charge is 0.504 e. The fraction of sp³-hybridized carbons (Fsp3) is 0.0714. The number of carboxylic acid groups (broad SMARTS) is 1. The number of para-hydroxylation sites is 1. The smallest absolute Gasteiger partial charge is 0.339 e. The van der Waals surface area contributed by atoms with Gasteiger partial charge in [0.1, 0.15) is 5.56 Å². The second-order valence-electron chi connectivity index (χ2n) is 3.67. The Balaban J connectivity index is 0.000000200. The van der Waals surface area contributed by atoms with Gasteiger partial charge in [0.2, 0.25) is 0 Å². The van der Waals surface area contributed by atoms with E-state index in [0.29, 0.717) is 6.54 Å². The lowest BCUT2D eigenvalue weighted by Crippen LogP contribution is -1.95. The molecule has 2 aromatic rings. The van der Waals surface area contributed by atoms with Crippen molar-refractivity contribution in [3.8, 4) is 11.5 Å². The molecule has 0 radical (unpaired) electrons. The molecule has 0 saturated heterocycles. The van der Waals surface area contributed by atoms with Crippen molar-refractivity contribution in [3.05, 3.63) is 59.7 Å². The monoisotopic (exact) mass is 261 g/mol. The molecule has 5 nitrogen and oxygen atoms in total. The molecule has 0 aliphatic rings. The lowest BCUT2D eigenvalue weighted by molar-refractivity contribution is 0.0693. The van der Waals surface area contributed by atoms with Gasteiger partial charge in [-0.15, -0.1) is 0 Å². The third-order valence-electron chi connectivity index (χ3n) is 2.32. The zero-order valence-electron chi connectivity index (χ0n) is 10.2. The molecule has 0 fully saturated rings. The summed E-state index contributed by atoms with van der Waals surface area (Å²) in [6.45, 7) is 0.640. The van der Waals surface area contributed by atoms with Crippen molar-refractivity contribution >= 4 is 5.97 Å². The van der Waals surface area contributed by atoms with Crippen LogP contribution in [-0.2, 0) is 6.54 Å². The number of hydrogen-bond acceptors (Lipinski definition) is 4. The molecule has 0 bridgehead atoms. The van der Waals surface area contributed by atoms with Gasteiger partial charge in [-0.25, -0.2) is 4.79 Å². The van der Waals surface area contributed by atoms with Crippen molar-refractivity contribution in [1.29, 1.82) is 0 Å². The fourth-order valence-electron chi connectivity index (χ4n) is 1.32. The Bertz CT molecular complexity index is 540. The first-order chi connectivity index (χ1) is 9.06. The van der Waals surface area contributed by atoms with Crippen LogP contribution < -0.4 is 5.73 Å². The summed E-state index contributed by atoms with van der Waals surface area (Å²) in [5, 5.41) is 26.2. The zero-order valence-corrected chi connectivity index (χ0v) is 10.2. The zero-order chi connectivity index (χ0) is 14.3. The van der Waals surface area contributed by atoms with E-state index in [1.54, 1.807) is 0 Å². The highest BCUT2D eigenvalue weighted by atomic mass is 16.4. The van der Waals surface area contributed by atoms with E-state index in [1.807, 2.05) is 30.3 Å². The number of phenolic OH excluding ortho intramolecular Hbond substituents is 1. The minimum absolute atomic E-state index is 0.301. The molecule has 2 rings (SSSR count). The van der Waals surface area contributed by atoms with E-state index in [1.165, 1.54) is 23.8 Å². The minimum atomic E-state index is -1.27. The Kier molecular flexibility index (Phi) is 5.37. The van der Waals surface area contributed by atoms with Crippen molar-refractivity contribution < 1.29 is 20.1 Å². The molecular formula is C14H15NO4. The number of carboxylic acids is 1. The molecule has 5 N–H and O–H groups in total. The van der Waals surface area contributed by atoms with Crippen LogP contribution in [0.1, 0.15) is 15.9 Å². The third kappa shape index (κ3) is 4.33. The van der Waals surface area contributed by atoms with Crippen molar-refractivity contribution in [2.45, 2.75) is 6.54 Å². The number of benzene rings is 2. The van der Waals surface area contributed by atoms with Gasteiger partial charge in [0.05, 0.1) is 0 Å². The molecule has 0 amide bonds. The lowest BCUT2D eigenvalue weighted by atomic mass is 10.2. The molecule has 2 aromatic carbocycles. The fourth-order valence-corrected chi connectivity index (χ4v) is 1.32. The number of phenols is 2. The highest BCUT2D eigenvalue weighted by Gasteiger charge is 2.11. The average molecular weight is 261 g/mol. The van der Waals surface area contributed by atoms with Gasteiger partial charge in [0.15, 0.2) is 11.5 Å². The molecule has 0 saturated carbocycles. The second-order valence-corrected chi connectivity index (χ2v) is 3.67. The van der Waals surface area contributed by atoms with Crippen LogP contribution in [0.25, 0.3) is 0 Å². The van der Waals surface area contributed by atoms with Gasteiger partial charge >= 0.3 is 5.97 Å². The first-order valence-corrected chi connectivity index (χ1v) is 5.54. The topological polar surface area (TPSA) is 104 Å². The number of rotatable bonds is 2. The molecule has 0 aliphatic carbocycles. The predicted octanol–water partition coefficient (Wildman–Crippen LogP) is 1.94. The van der Waals surface area contributed by atoms with Crippen LogP contribution in [0.2, 0.25) is 0 Å². The lowest BCUT2D eigenvalue weighted by Gasteiger charge is -1.99. The van der Waals surface area contributed by atoms with Crippen LogP contribution in [0.4, 0.5) is 0 Å². The summed E-state index contributed by atoms with van der Waals surface area (Å²) in [6, 6.07) is 13.8. The highest BCUT2D eigenvalue weighted by molar-refractivity contribution is 5.91. The molecule has 100 valence electrons. The number of hydrogen-bond donors (Lipinski definition) is 4. The van der Waals surface area contributed by atoms with Crippen molar-refractivity contribution in [2.24, 2.45) is 5.73 Å². The van der Waals surface area contributed by atoms with Gasteiger partial charge in [-0.05, 0) is 17.7 Å². The molecule has 5 heteroatoms. The maximum Gasteiger partial charge on any atom is 0.339 e. The molecule has 0 atom stereocenters. The van der Waals surface area contributed by atoms with Crippen LogP contribution >= 0.6 is 0 Å². The number of aromatic hydroxyl groups is 2. The van der Waals surface area contributed by atoms with E-state index in [9.17, 15) is 4.79 Å². The first kappa shape index (κ1) is 14.5. The average Bonchev–Trinajstić information content (AvgIpc) is 2.43. The van der Waals surface area contributed by atoms with E-state index >= 15 is 0 Å². The van der Waals surface area contributed by atoms with E-state index in [2.05, 4.69) is 0 Å². The minimum Gasteiger partial charge on any atom is -0.504 e. The molecule has 0 spiro atoms. The van der Waals surface area contributed by atoms with Gasteiger partial charge in [0.25, 0.3) is 0 Å². The van der Waals surface area contributed by atoms with Crippen molar-refractivity contribution in [3.63, 3.8) is 0 Å². The van der Waals surface area contributed by atoms with E-state index in [4.69, 9.17) is 21.1 Å². The maximum absolute atomic E-state index is 10.3. The highest BCUT2D eigenvalue weighted by Crippen LogP contribution is 2.27. The van der Waals surface area contributed by atoms with E-state index in [0.717, 1.165) is 0 Å². The van der Waals surface area contributed by atoms with Crippen LogP contribution in [0.5, 0.6) is 11.5 Å². The van der Waals surface area contributed by atoms with Crippen LogP contribution in [-0.4, -0.2) is 21.3 Å². The van der Waals surface area contributed by atoms with Gasteiger partial charge in [0, 0.05) is 6.54 Å². The Morgan fingerprint density at radius 3 is 2.05 bits per heavy atom. The predicted molar refractivity (Wildman–Crippen MR) is 71.1 cm³/mol. The third-order valence-corrected chi connectivity index (χ3v) is 2.32. The summed E-state index contributed by atoms with van der Waals surface area (Å²) in [7, 11) is 0. The first-order valence-electron chi connectivity index (χ1n) is 5.54. The van der Waals surface area contributed by atoms with Gasteiger partial charge in [-0.2, -0.15) is 0 Å². The quantitative estimate of drug-likeness (QED) is 0.618. The molecule has 0 aromatic heterocycles. The Morgan fingerprint density at radius 1 is 1.00 bits per heavy atom. The van der Waals surface area contributed by atoms with Gasteiger partial charge in [-0.3, -0.25) is 0 Å². The Labute approximate surface area is 110 Å². The summed E-state index contributed by atoms with van der Waals surface area (Å²) in [5.41, 5.74) is 6.24. The van der Waals surface area contributed by atoms with Crippen LogP contribution in [0.3, 0.4) is 0 Å². The molecular weight excluding hydrogens is 246 g/mol. The Morgan fingerprint density at radius 2 is 1.63 bits per heavy atom. The van der Waals surface area contributed by atoms with E-state index in [-0.39, 0.29) is 5.56 Å². The van der Waals surface area contributed by atoms with Crippen LogP contribution in [0, 0.1) is 0 Å². The number of nitrogens with two attached hydrogens (primary N) is 1. The van der Waals surface area contributed by atoms with E-state index < -0.39 is 17.5 Å². The molecule has 0 heterocycles. The van der Waals surface area contributed by atoms with Gasteiger partial charge < -0.3 is 21.1 Å². The molecule has 0 aliphatic heterocycles. The Hall–Kier alpha value is -2.53. The second kappa shape index (κ2) is 7.03. The number of carbonyl (C=O) groups is 1.